The fraction of sp³-hybridized carbons (Fsp3) is 0.333. The van der Waals surface area contributed by atoms with Gasteiger partial charge in [-0.2, -0.15) is 0 Å². The van der Waals surface area contributed by atoms with E-state index in [1.165, 1.54) is 5.69 Å². The van der Waals surface area contributed by atoms with Crippen LogP contribution >= 0.6 is 11.6 Å². The molecule has 0 heterocycles. The second-order valence-electron chi connectivity index (χ2n) is 2.78. The quantitative estimate of drug-likeness (QED) is 0.625. The van der Waals surface area contributed by atoms with Crippen molar-refractivity contribution in [2.45, 2.75) is 6.92 Å². The van der Waals surface area contributed by atoms with Gasteiger partial charge in [-0.25, -0.2) is 0 Å². The summed E-state index contributed by atoms with van der Waals surface area (Å²) < 4.78 is 0. The van der Waals surface area contributed by atoms with E-state index in [2.05, 4.69) is 11.0 Å². The third kappa shape index (κ3) is 1.66. The average molecular weight is 170 g/mol. The van der Waals surface area contributed by atoms with Crippen LogP contribution in [0.1, 0.15) is 5.56 Å². The van der Waals surface area contributed by atoms with Gasteiger partial charge in [-0.1, -0.05) is 17.7 Å². The van der Waals surface area contributed by atoms with Gasteiger partial charge in [0.1, 0.15) is 0 Å². The molecule has 0 aliphatic carbocycles. The molecule has 0 bridgehead atoms. The molecule has 0 fully saturated rings. The van der Waals surface area contributed by atoms with Gasteiger partial charge in [0.05, 0.1) is 0 Å². The highest BCUT2D eigenvalue weighted by molar-refractivity contribution is 6.31. The Morgan fingerprint density at radius 1 is 1.27 bits per heavy atom. The van der Waals surface area contributed by atoms with Gasteiger partial charge in [-0.05, 0) is 24.6 Å². The van der Waals surface area contributed by atoms with Crippen LogP contribution in [0.15, 0.2) is 18.2 Å². The Morgan fingerprint density at radius 2 is 1.91 bits per heavy atom. The number of anilines is 1. The smallest absolute Gasteiger partial charge is 0.0455 e. The lowest BCUT2D eigenvalue weighted by molar-refractivity contribution is 1.11. The van der Waals surface area contributed by atoms with Crippen molar-refractivity contribution in [2.75, 3.05) is 19.0 Å². The SMILES string of the molecule is Cc1c(Cl)cccc1N(C)C. The number of benzene rings is 1. The molecule has 0 aliphatic heterocycles. The largest absolute Gasteiger partial charge is 0.377 e. The Bertz CT molecular complexity index is 256. The molecule has 0 amide bonds. The average Bonchev–Trinajstić information content (AvgIpc) is 1.94. The minimum atomic E-state index is 0.830. The van der Waals surface area contributed by atoms with Gasteiger partial charge in [-0.15, -0.1) is 0 Å². The summed E-state index contributed by atoms with van der Waals surface area (Å²) in [4.78, 5) is 2.06. The summed E-state index contributed by atoms with van der Waals surface area (Å²) >= 11 is 5.93. The van der Waals surface area contributed by atoms with Crippen molar-refractivity contribution in [1.82, 2.24) is 0 Å². The first-order valence-electron chi connectivity index (χ1n) is 3.55. The van der Waals surface area contributed by atoms with Crippen LogP contribution in [0.25, 0.3) is 0 Å². The van der Waals surface area contributed by atoms with Gasteiger partial charge < -0.3 is 4.90 Å². The van der Waals surface area contributed by atoms with Crippen LogP contribution < -0.4 is 4.90 Å². The number of nitrogens with zero attached hydrogens (tertiary/aromatic N) is 1. The standard InChI is InChI=1S/C9H12ClN/c1-7-8(10)5-4-6-9(7)11(2)3/h4-6H,1-3H3. The van der Waals surface area contributed by atoms with Crippen LogP contribution in [0.5, 0.6) is 0 Å². The van der Waals surface area contributed by atoms with Crippen LogP contribution in [0.2, 0.25) is 5.02 Å². The second-order valence-corrected chi connectivity index (χ2v) is 3.19. The Kier molecular flexibility index (Phi) is 2.40. The van der Waals surface area contributed by atoms with Crippen LogP contribution in [0, 0.1) is 6.92 Å². The molecule has 0 radical (unpaired) electrons. The van der Waals surface area contributed by atoms with Gasteiger partial charge >= 0.3 is 0 Å². The van der Waals surface area contributed by atoms with Crippen molar-refractivity contribution in [3.63, 3.8) is 0 Å². The molecular formula is C9H12ClN. The minimum absolute atomic E-state index is 0.830. The van der Waals surface area contributed by atoms with Crippen LogP contribution in [0.3, 0.4) is 0 Å². The molecule has 1 aromatic rings. The Hall–Kier alpha value is -0.690. The molecule has 0 saturated carbocycles. The Morgan fingerprint density at radius 3 is 2.36 bits per heavy atom. The lowest BCUT2D eigenvalue weighted by Gasteiger charge is -2.15. The summed E-state index contributed by atoms with van der Waals surface area (Å²) in [7, 11) is 4.03. The van der Waals surface area contributed by atoms with Gasteiger partial charge in [-0.3, -0.25) is 0 Å². The molecular weight excluding hydrogens is 158 g/mol. The molecule has 0 aromatic heterocycles. The number of hydrogen-bond acceptors (Lipinski definition) is 1. The van der Waals surface area contributed by atoms with E-state index in [1.807, 2.05) is 33.2 Å². The fourth-order valence-corrected chi connectivity index (χ4v) is 1.25. The molecule has 1 nitrogen and oxygen atoms in total. The zero-order valence-corrected chi connectivity index (χ0v) is 7.81. The third-order valence-corrected chi connectivity index (χ3v) is 2.13. The van der Waals surface area contributed by atoms with Crippen molar-refractivity contribution in [2.24, 2.45) is 0 Å². The molecule has 2 heteroatoms. The first-order valence-corrected chi connectivity index (χ1v) is 3.93. The second kappa shape index (κ2) is 3.14. The van der Waals surface area contributed by atoms with E-state index < -0.39 is 0 Å². The van der Waals surface area contributed by atoms with Crippen molar-refractivity contribution in [1.29, 1.82) is 0 Å². The number of rotatable bonds is 1. The molecule has 11 heavy (non-hydrogen) atoms. The van der Waals surface area contributed by atoms with E-state index in [0.29, 0.717) is 0 Å². The van der Waals surface area contributed by atoms with Crippen LogP contribution in [0.4, 0.5) is 5.69 Å². The van der Waals surface area contributed by atoms with Crippen LogP contribution in [-0.2, 0) is 0 Å². The van der Waals surface area contributed by atoms with Gasteiger partial charge in [0, 0.05) is 24.8 Å². The lowest BCUT2D eigenvalue weighted by Crippen LogP contribution is -2.09. The highest BCUT2D eigenvalue weighted by Crippen LogP contribution is 2.24. The molecule has 60 valence electrons. The van der Waals surface area contributed by atoms with E-state index in [1.54, 1.807) is 0 Å². The van der Waals surface area contributed by atoms with Gasteiger partial charge in [0.25, 0.3) is 0 Å². The van der Waals surface area contributed by atoms with E-state index in [-0.39, 0.29) is 0 Å². The molecule has 0 atom stereocenters. The van der Waals surface area contributed by atoms with E-state index in [0.717, 1.165) is 10.6 Å². The molecule has 0 spiro atoms. The molecule has 1 aromatic carbocycles. The normalized spacial score (nSPS) is 9.82. The maximum atomic E-state index is 5.93. The fourth-order valence-electron chi connectivity index (χ4n) is 1.08. The van der Waals surface area contributed by atoms with Gasteiger partial charge in [0.2, 0.25) is 0 Å². The predicted molar refractivity (Wildman–Crippen MR) is 50.5 cm³/mol. The lowest BCUT2D eigenvalue weighted by atomic mass is 10.2. The highest BCUT2D eigenvalue weighted by Gasteiger charge is 2.01. The first-order chi connectivity index (χ1) is 5.13. The maximum absolute atomic E-state index is 5.93. The van der Waals surface area contributed by atoms with Crippen molar-refractivity contribution in [3.8, 4) is 0 Å². The minimum Gasteiger partial charge on any atom is -0.377 e. The van der Waals surface area contributed by atoms with Crippen molar-refractivity contribution < 1.29 is 0 Å². The summed E-state index contributed by atoms with van der Waals surface area (Å²) in [5, 5.41) is 0.830. The molecule has 0 saturated heterocycles. The highest BCUT2D eigenvalue weighted by atomic mass is 35.5. The van der Waals surface area contributed by atoms with E-state index >= 15 is 0 Å². The Labute approximate surface area is 72.6 Å². The van der Waals surface area contributed by atoms with Crippen molar-refractivity contribution in [3.05, 3.63) is 28.8 Å². The first kappa shape index (κ1) is 8.41. The van der Waals surface area contributed by atoms with E-state index in [9.17, 15) is 0 Å². The van der Waals surface area contributed by atoms with Crippen LogP contribution in [-0.4, -0.2) is 14.1 Å². The molecule has 0 aliphatic rings. The zero-order valence-electron chi connectivity index (χ0n) is 7.06. The zero-order chi connectivity index (χ0) is 8.43. The summed E-state index contributed by atoms with van der Waals surface area (Å²) in [6.07, 6.45) is 0. The topological polar surface area (TPSA) is 3.24 Å². The predicted octanol–water partition coefficient (Wildman–Crippen LogP) is 2.71. The Balaban J connectivity index is 3.17. The number of halogens is 1. The third-order valence-electron chi connectivity index (χ3n) is 1.72. The monoisotopic (exact) mass is 169 g/mol. The summed E-state index contributed by atoms with van der Waals surface area (Å²) in [5.41, 5.74) is 2.32. The van der Waals surface area contributed by atoms with E-state index in [4.69, 9.17) is 11.6 Å². The molecule has 1 rings (SSSR count). The maximum Gasteiger partial charge on any atom is 0.0455 e. The summed E-state index contributed by atoms with van der Waals surface area (Å²) in [5.74, 6) is 0. The van der Waals surface area contributed by atoms with Crippen molar-refractivity contribution >= 4 is 17.3 Å². The molecule has 0 N–H and O–H groups in total. The molecule has 0 unspecified atom stereocenters. The number of hydrogen-bond donors (Lipinski definition) is 0. The summed E-state index contributed by atoms with van der Waals surface area (Å²) in [6, 6.07) is 5.93. The van der Waals surface area contributed by atoms with Gasteiger partial charge in [0.15, 0.2) is 0 Å². The summed E-state index contributed by atoms with van der Waals surface area (Å²) in [6.45, 7) is 2.03.